The lowest BCUT2D eigenvalue weighted by molar-refractivity contribution is -0.00293. The number of rotatable bonds is 2. The summed E-state index contributed by atoms with van der Waals surface area (Å²) in [5.74, 6) is -0.376. The van der Waals surface area contributed by atoms with Gasteiger partial charge in [0.15, 0.2) is 0 Å². The SMILES string of the molecule is COC1(c2ccccc2)Nc2ccc(C)cc2C(=O)C1(Cl)Cl. The van der Waals surface area contributed by atoms with E-state index in [-0.39, 0.29) is 5.78 Å². The van der Waals surface area contributed by atoms with Crippen molar-refractivity contribution in [3.8, 4) is 0 Å². The first-order valence-electron chi connectivity index (χ1n) is 6.84. The lowest BCUT2D eigenvalue weighted by atomic mass is 9.87. The molecule has 114 valence electrons. The predicted molar refractivity (Wildman–Crippen MR) is 88.7 cm³/mol. The number of alkyl halides is 2. The van der Waals surface area contributed by atoms with Gasteiger partial charge in [0, 0.05) is 23.9 Å². The molecule has 1 N–H and O–H groups in total. The number of ketones is 1. The highest BCUT2D eigenvalue weighted by molar-refractivity contribution is 6.61. The fourth-order valence-electron chi connectivity index (χ4n) is 2.78. The summed E-state index contributed by atoms with van der Waals surface area (Å²) < 4.78 is 3.85. The van der Waals surface area contributed by atoms with Gasteiger partial charge in [0.25, 0.3) is 0 Å². The van der Waals surface area contributed by atoms with Crippen molar-refractivity contribution in [3.63, 3.8) is 0 Å². The number of nitrogens with one attached hydrogen (secondary N) is 1. The van der Waals surface area contributed by atoms with E-state index in [1.165, 1.54) is 7.11 Å². The molecule has 3 rings (SSSR count). The summed E-state index contributed by atoms with van der Waals surface area (Å²) in [6.07, 6.45) is 0. The summed E-state index contributed by atoms with van der Waals surface area (Å²) in [7, 11) is 1.48. The fourth-order valence-corrected chi connectivity index (χ4v) is 3.45. The second kappa shape index (κ2) is 5.27. The average molecular weight is 336 g/mol. The Morgan fingerprint density at radius 1 is 1.09 bits per heavy atom. The average Bonchev–Trinajstić information content (AvgIpc) is 2.52. The van der Waals surface area contributed by atoms with Crippen LogP contribution in [0.3, 0.4) is 0 Å². The van der Waals surface area contributed by atoms with Crippen molar-refractivity contribution < 1.29 is 9.53 Å². The van der Waals surface area contributed by atoms with E-state index >= 15 is 0 Å². The first kappa shape index (κ1) is 15.3. The topological polar surface area (TPSA) is 38.3 Å². The number of benzene rings is 2. The molecule has 1 aliphatic rings. The highest BCUT2D eigenvalue weighted by Crippen LogP contribution is 2.50. The van der Waals surface area contributed by atoms with Crippen LogP contribution in [0.5, 0.6) is 0 Å². The number of carbonyl (C=O) groups excluding carboxylic acids is 1. The number of halogens is 2. The van der Waals surface area contributed by atoms with Crippen molar-refractivity contribution in [1.82, 2.24) is 0 Å². The molecule has 0 fully saturated rings. The Bertz CT molecular complexity index is 731. The minimum atomic E-state index is -1.79. The van der Waals surface area contributed by atoms with Crippen LogP contribution in [0, 0.1) is 6.92 Å². The minimum Gasteiger partial charge on any atom is -0.352 e. The van der Waals surface area contributed by atoms with Gasteiger partial charge in [-0.05, 0) is 19.1 Å². The summed E-state index contributed by atoms with van der Waals surface area (Å²) in [6.45, 7) is 1.91. The van der Waals surface area contributed by atoms with Gasteiger partial charge in [0.1, 0.15) is 0 Å². The van der Waals surface area contributed by atoms with Crippen LogP contribution < -0.4 is 5.32 Å². The zero-order chi connectivity index (χ0) is 16.0. The zero-order valence-corrected chi connectivity index (χ0v) is 13.7. The number of hydrogen-bond acceptors (Lipinski definition) is 3. The molecule has 0 saturated carbocycles. The van der Waals surface area contributed by atoms with Crippen LogP contribution in [-0.4, -0.2) is 17.2 Å². The number of methoxy groups -OCH3 is 1. The molecule has 0 spiro atoms. The standard InChI is InChI=1S/C17H15Cl2NO2/c1-11-8-9-14-13(10-11)15(21)16(18,19)17(20-14,22-2)12-6-4-3-5-7-12/h3-10,20H,1-2H3. The molecule has 1 aliphatic heterocycles. The lowest BCUT2D eigenvalue weighted by Gasteiger charge is -2.46. The Morgan fingerprint density at radius 2 is 1.77 bits per heavy atom. The number of ether oxygens (including phenoxy) is 1. The van der Waals surface area contributed by atoms with E-state index in [9.17, 15) is 4.79 Å². The number of carbonyl (C=O) groups is 1. The van der Waals surface area contributed by atoms with Gasteiger partial charge in [-0.25, -0.2) is 0 Å². The maximum atomic E-state index is 12.9. The maximum Gasteiger partial charge on any atom is 0.231 e. The molecule has 0 amide bonds. The second-order valence-corrected chi connectivity index (χ2v) is 6.66. The molecule has 5 heteroatoms. The lowest BCUT2D eigenvalue weighted by Crippen LogP contribution is -2.58. The van der Waals surface area contributed by atoms with Gasteiger partial charge >= 0.3 is 0 Å². The van der Waals surface area contributed by atoms with E-state index in [2.05, 4.69) is 5.32 Å². The zero-order valence-electron chi connectivity index (χ0n) is 12.2. The normalized spacial score (nSPS) is 22.8. The van der Waals surface area contributed by atoms with Crippen LogP contribution >= 0.6 is 23.2 Å². The molecular formula is C17H15Cl2NO2. The van der Waals surface area contributed by atoms with Gasteiger partial charge < -0.3 is 10.1 Å². The largest absolute Gasteiger partial charge is 0.352 e. The van der Waals surface area contributed by atoms with Crippen LogP contribution in [0.15, 0.2) is 48.5 Å². The van der Waals surface area contributed by atoms with Crippen LogP contribution in [0.4, 0.5) is 5.69 Å². The Morgan fingerprint density at radius 3 is 2.41 bits per heavy atom. The predicted octanol–water partition coefficient (Wildman–Crippen LogP) is 4.28. The molecule has 0 saturated heterocycles. The van der Waals surface area contributed by atoms with E-state index < -0.39 is 10.1 Å². The van der Waals surface area contributed by atoms with Crippen molar-refractivity contribution in [3.05, 3.63) is 65.2 Å². The fraction of sp³-hybridized carbons (Fsp3) is 0.235. The molecule has 0 bridgehead atoms. The first-order valence-corrected chi connectivity index (χ1v) is 7.60. The maximum absolute atomic E-state index is 12.9. The number of fused-ring (bicyclic) bond motifs is 1. The van der Waals surface area contributed by atoms with Crippen LogP contribution in [0.1, 0.15) is 21.5 Å². The van der Waals surface area contributed by atoms with E-state index in [0.717, 1.165) is 5.56 Å². The molecule has 22 heavy (non-hydrogen) atoms. The summed E-state index contributed by atoms with van der Waals surface area (Å²) >= 11 is 13.0. The Kier molecular flexibility index (Phi) is 3.68. The molecule has 0 aliphatic carbocycles. The van der Waals surface area contributed by atoms with Gasteiger partial charge in [0.2, 0.25) is 15.8 Å². The van der Waals surface area contributed by atoms with Gasteiger partial charge in [-0.1, -0.05) is 65.2 Å². The molecule has 1 unspecified atom stereocenters. The monoisotopic (exact) mass is 335 g/mol. The van der Waals surface area contributed by atoms with Gasteiger partial charge in [-0.15, -0.1) is 0 Å². The third kappa shape index (κ3) is 2.04. The molecule has 1 heterocycles. The third-order valence-corrected chi connectivity index (χ3v) is 4.82. The van der Waals surface area contributed by atoms with Crippen LogP contribution in [0.25, 0.3) is 0 Å². The van der Waals surface area contributed by atoms with Crippen molar-refractivity contribution in [2.75, 3.05) is 12.4 Å². The van der Waals surface area contributed by atoms with Gasteiger partial charge in [0.05, 0.1) is 0 Å². The number of hydrogen-bond donors (Lipinski definition) is 1. The minimum absolute atomic E-state index is 0.376. The van der Waals surface area contributed by atoms with E-state index in [0.29, 0.717) is 16.8 Å². The van der Waals surface area contributed by atoms with E-state index in [1.54, 1.807) is 6.07 Å². The summed E-state index contributed by atoms with van der Waals surface area (Å²) in [4.78, 5) is 12.9. The summed E-state index contributed by atoms with van der Waals surface area (Å²) in [5.41, 5.74) is 1.41. The second-order valence-electron chi connectivity index (χ2n) is 5.33. The van der Waals surface area contributed by atoms with Gasteiger partial charge in [-0.2, -0.15) is 0 Å². The molecule has 2 aromatic carbocycles. The quantitative estimate of drug-likeness (QED) is 0.832. The molecule has 3 nitrogen and oxygen atoms in total. The van der Waals surface area contributed by atoms with Crippen molar-refractivity contribution >= 4 is 34.7 Å². The van der Waals surface area contributed by atoms with Gasteiger partial charge in [-0.3, -0.25) is 4.79 Å². The Hall–Kier alpha value is -1.55. The van der Waals surface area contributed by atoms with Crippen LogP contribution in [-0.2, 0) is 10.5 Å². The first-order chi connectivity index (χ1) is 10.4. The van der Waals surface area contributed by atoms with Crippen molar-refractivity contribution in [1.29, 1.82) is 0 Å². The highest BCUT2D eigenvalue weighted by atomic mass is 35.5. The van der Waals surface area contributed by atoms with Crippen molar-refractivity contribution in [2.24, 2.45) is 0 Å². The van der Waals surface area contributed by atoms with E-state index in [1.807, 2.05) is 49.4 Å². The molecule has 0 aromatic heterocycles. The summed E-state index contributed by atoms with van der Waals surface area (Å²) in [5, 5.41) is 3.22. The Balaban J connectivity index is 2.25. The molecular weight excluding hydrogens is 321 g/mol. The number of Topliss-reactive ketones (excluding diaryl/α,β-unsaturated/α-hetero) is 1. The highest BCUT2D eigenvalue weighted by Gasteiger charge is 2.60. The van der Waals surface area contributed by atoms with Crippen molar-refractivity contribution in [2.45, 2.75) is 17.0 Å². The molecule has 2 aromatic rings. The summed E-state index contributed by atoms with van der Waals surface area (Å²) in [6, 6.07) is 14.7. The smallest absolute Gasteiger partial charge is 0.231 e. The Labute approximate surface area is 139 Å². The number of aryl methyl sites for hydroxylation is 1. The number of anilines is 1. The molecule has 0 radical (unpaired) electrons. The molecule has 1 atom stereocenters. The van der Waals surface area contributed by atoms with Crippen LogP contribution in [0.2, 0.25) is 0 Å². The van der Waals surface area contributed by atoms with E-state index in [4.69, 9.17) is 27.9 Å². The third-order valence-electron chi connectivity index (χ3n) is 3.94.